The van der Waals surface area contributed by atoms with Crippen LogP contribution in [0.5, 0.6) is 5.75 Å². The Balaban J connectivity index is 2.36. The lowest BCUT2D eigenvalue weighted by molar-refractivity contribution is -0.124. The monoisotopic (exact) mass is 307 g/mol. The molecule has 1 aliphatic carbocycles. The molecule has 1 amide bonds. The van der Waals surface area contributed by atoms with E-state index in [1.807, 2.05) is 30.3 Å². The van der Waals surface area contributed by atoms with Crippen molar-refractivity contribution in [2.45, 2.75) is 0 Å². The number of methoxy groups -OCH3 is 1. The molecule has 0 bridgehead atoms. The Bertz CT molecular complexity index is 820. The molecule has 0 unspecified atom stereocenters. The van der Waals surface area contributed by atoms with Crippen molar-refractivity contribution in [3.63, 3.8) is 0 Å². The number of ether oxygens (including phenoxy) is 1. The molecule has 0 saturated heterocycles. The van der Waals surface area contributed by atoms with Gasteiger partial charge in [0.2, 0.25) is 0 Å². The molecule has 0 spiro atoms. The Hall–Kier alpha value is -2.88. The quantitative estimate of drug-likeness (QED) is 0.819. The molecule has 0 heterocycles. The molecule has 0 aliphatic heterocycles. The number of Topliss-reactive ketones (excluding diaryl/α,β-unsaturated/α-hetero) is 1. The minimum Gasteiger partial charge on any atom is -0.496 e. The number of hydrogen-bond donors (Lipinski definition) is 0. The van der Waals surface area contributed by atoms with Crippen LogP contribution in [0.25, 0.3) is 5.57 Å². The molecule has 3 rings (SSSR count). The molecule has 2 aromatic rings. The molecular weight excluding hydrogens is 290 g/mol. The van der Waals surface area contributed by atoms with Crippen LogP contribution in [0.2, 0.25) is 0 Å². The van der Waals surface area contributed by atoms with Gasteiger partial charge in [-0.15, -0.1) is 0 Å². The summed E-state index contributed by atoms with van der Waals surface area (Å²) in [7, 11) is 4.85. The fraction of sp³-hybridized carbons (Fsp3) is 0.158. The minimum atomic E-state index is -0.299. The molecule has 116 valence electrons. The van der Waals surface area contributed by atoms with Crippen LogP contribution in [0, 0.1) is 0 Å². The van der Waals surface area contributed by atoms with Gasteiger partial charge in [0.25, 0.3) is 5.91 Å². The SMILES string of the molecule is COc1cccc2c1C(c1ccccc1)=C(C(=O)N(C)C)C2=O. The highest BCUT2D eigenvalue weighted by molar-refractivity contribution is 6.36. The normalized spacial score (nSPS) is 13.1. The van der Waals surface area contributed by atoms with Gasteiger partial charge < -0.3 is 9.64 Å². The molecular formula is C19H17NO3. The topological polar surface area (TPSA) is 46.6 Å². The van der Waals surface area contributed by atoms with Gasteiger partial charge in [-0.05, 0) is 11.6 Å². The summed E-state index contributed by atoms with van der Waals surface area (Å²) in [5.74, 6) is 0.0415. The fourth-order valence-electron chi connectivity index (χ4n) is 2.84. The van der Waals surface area contributed by atoms with E-state index in [0.717, 1.165) is 5.56 Å². The Labute approximate surface area is 135 Å². The maximum Gasteiger partial charge on any atom is 0.257 e. The predicted molar refractivity (Wildman–Crippen MR) is 88.5 cm³/mol. The Morgan fingerprint density at radius 1 is 1.00 bits per heavy atom. The van der Waals surface area contributed by atoms with E-state index in [-0.39, 0.29) is 17.3 Å². The zero-order valence-electron chi connectivity index (χ0n) is 13.3. The summed E-state index contributed by atoms with van der Waals surface area (Å²) in [5.41, 5.74) is 2.86. The summed E-state index contributed by atoms with van der Waals surface area (Å²) >= 11 is 0. The summed E-state index contributed by atoms with van der Waals surface area (Å²) in [5, 5.41) is 0. The van der Waals surface area contributed by atoms with E-state index in [0.29, 0.717) is 22.4 Å². The molecule has 1 aliphatic rings. The van der Waals surface area contributed by atoms with Crippen LogP contribution >= 0.6 is 0 Å². The molecule has 0 N–H and O–H groups in total. The van der Waals surface area contributed by atoms with E-state index in [1.165, 1.54) is 4.90 Å². The summed E-state index contributed by atoms with van der Waals surface area (Å²) < 4.78 is 5.43. The van der Waals surface area contributed by atoms with Crippen LogP contribution in [-0.2, 0) is 4.79 Å². The predicted octanol–water partition coefficient (Wildman–Crippen LogP) is 2.78. The summed E-state index contributed by atoms with van der Waals surface area (Å²) in [6.45, 7) is 0. The third kappa shape index (κ3) is 2.32. The van der Waals surface area contributed by atoms with E-state index in [9.17, 15) is 9.59 Å². The number of fused-ring (bicyclic) bond motifs is 1. The summed E-state index contributed by atoms with van der Waals surface area (Å²) in [6, 6.07) is 14.8. The van der Waals surface area contributed by atoms with Crippen molar-refractivity contribution in [1.29, 1.82) is 0 Å². The number of ketones is 1. The molecule has 2 aromatic carbocycles. The van der Waals surface area contributed by atoms with Crippen LogP contribution in [0.4, 0.5) is 0 Å². The second-order valence-electron chi connectivity index (χ2n) is 5.53. The van der Waals surface area contributed by atoms with Crippen molar-refractivity contribution >= 4 is 17.3 Å². The second kappa shape index (κ2) is 5.72. The first kappa shape index (κ1) is 15.0. The molecule has 4 heteroatoms. The second-order valence-corrected chi connectivity index (χ2v) is 5.53. The number of amides is 1. The number of hydrogen-bond acceptors (Lipinski definition) is 3. The van der Waals surface area contributed by atoms with Gasteiger partial charge in [0.05, 0.1) is 12.7 Å². The lowest BCUT2D eigenvalue weighted by atomic mass is 9.96. The highest BCUT2D eigenvalue weighted by atomic mass is 16.5. The maximum atomic E-state index is 12.8. The minimum absolute atomic E-state index is 0.195. The number of nitrogens with zero attached hydrogens (tertiary/aromatic N) is 1. The molecule has 0 fully saturated rings. The lowest BCUT2D eigenvalue weighted by Gasteiger charge is -2.14. The van der Waals surface area contributed by atoms with E-state index < -0.39 is 0 Å². The van der Waals surface area contributed by atoms with Crippen LogP contribution in [0.3, 0.4) is 0 Å². The van der Waals surface area contributed by atoms with Crippen LogP contribution in [-0.4, -0.2) is 37.8 Å². The van der Waals surface area contributed by atoms with Gasteiger partial charge in [0.15, 0.2) is 5.78 Å². The fourth-order valence-corrected chi connectivity index (χ4v) is 2.84. The average Bonchev–Trinajstić information content (AvgIpc) is 2.88. The largest absolute Gasteiger partial charge is 0.496 e. The van der Waals surface area contributed by atoms with Gasteiger partial charge in [-0.1, -0.05) is 42.5 Å². The molecule has 4 nitrogen and oxygen atoms in total. The van der Waals surface area contributed by atoms with Gasteiger partial charge in [-0.25, -0.2) is 0 Å². The summed E-state index contributed by atoms with van der Waals surface area (Å²) in [4.78, 5) is 26.9. The van der Waals surface area contributed by atoms with Crippen LogP contribution in [0.1, 0.15) is 21.5 Å². The van der Waals surface area contributed by atoms with Crippen molar-refractivity contribution in [3.8, 4) is 5.75 Å². The molecule has 0 aromatic heterocycles. The van der Waals surface area contributed by atoms with Crippen molar-refractivity contribution in [2.24, 2.45) is 0 Å². The van der Waals surface area contributed by atoms with E-state index in [2.05, 4.69) is 0 Å². The zero-order valence-corrected chi connectivity index (χ0v) is 13.3. The Morgan fingerprint density at radius 3 is 2.30 bits per heavy atom. The summed E-state index contributed by atoms with van der Waals surface area (Å²) in [6.07, 6.45) is 0. The zero-order chi connectivity index (χ0) is 16.6. The molecule has 0 atom stereocenters. The Morgan fingerprint density at radius 2 is 1.70 bits per heavy atom. The van der Waals surface area contributed by atoms with Gasteiger partial charge in [0, 0.05) is 30.8 Å². The number of carbonyl (C=O) groups excluding carboxylic acids is 2. The van der Waals surface area contributed by atoms with Crippen molar-refractivity contribution in [3.05, 3.63) is 70.8 Å². The van der Waals surface area contributed by atoms with Crippen molar-refractivity contribution < 1.29 is 14.3 Å². The van der Waals surface area contributed by atoms with Gasteiger partial charge in [-0.2, -0.15) is 0 Å². The molecule has 0 saturated carbocycles. The number of carbonyl (C=O) groups is 2. The highest BCUT2D eigenvalue weighted by Gasteiger charge is 2.37. The van der Waals surface area contributed by atoms with Crippen molar-refractivity contribution in [2.75, 3.05) is 21.2 Å². The van der Waals surface area contributed by atoms with Gasteiger partial charge in [-0.3, -0.25) is 9.59 Å². The third-order valence-electron chi connectivity index (χ3n) is 3.90. The van der Waals surface area contributed by atoms with Gasteiger partial charge in [0.1, 0.15) is 5.75 Å². The standard InChI is InChI=1S/C19H17NO3/c1-20(2)19(22)17-15(12-8-5-4-6-9-12)16-13(18(17)21)10-7-11-14(16)23-3/h4-11H,1-3H3. The van der Waals surface area contributed by atoms with E-state index in [4.69, 9.17) is 4.74 Å². The smallest absolute Gasteiger partial charge is 0.257 e. The number of benzene rings is 2. The Kier molecular flexibility index (Phi) is 3.74. The van der Waals surface area contributed by atoms with E-state index >= 15 is 0 Å². The van der Waals surface area contributed by atoms with E-state index in [1.54, 1.807) is 39.4 Å². The van der Waals surface area contributed by atoms with Crippen LogP contribution in [0.15, 0.2) is 54.1 Å². The average molecular weight is 307 g/mol. The number of rotatable bonds is 3. The van der Waals surface area contributed by atoms with Crippen LogP contribution < -0.4 is 4.74 Å². The lowest BCUT2D eigenvalue weighted by Crippen LogP contribution is -2.26. The third-order valence-corrected chi connectivity index (χ3v) is 3.90. The van der Waals surface area contributed by atoms with Crippen molar-refractivity contribution in [1.82, 2.24) is 4.90 Å². The highest BCUT2D eigenvalue weighted by Crippen LogP contribution is 2.42. The first-order valence-corrected chi connectivity index (χ1v) is 7.29. The molecule has 0 radical (unpaired) electrons. The first-order chi connectivity index (χ1) is 11.1. The molecule has 23 heavy (non-hydrogen) atoms. The number of likely N-dealkylation sites (N-methyl/N-ethyl adjacent to an activating group) is 1. The maximum absolute atomic E-state index is 12.8. The van der Waals surface area contributed by atoms with Gasteiger partial charge >= 0.3 is 0 Å². The first-order valence-electron chi connectivity index (χ1n) is 7.29.